The smallest absolute Gasteiger partial charge is 0.418 e. The number of allylic oxidation sites excluding steroid dienone is 1. The highest BCUT2D eigenvalue weighted by Gasteiger charge is 2.72. The highest BCUT2D eigenvalue weighted by molar-refractivity contribution is 9.10. The second-order valence-corrected chi connectivity index (χ2v) is 32.6. The van der Waals surface area contributed by atoms with Crippen molar-refractivity contribution in [2.75, 3.05) is 41.5 Å². The van der Waals surface area contributed by atoms with Gasteiger partial charge in [-0.3, -0.25) is 19.6 Å². The summed E-state index contributed by atoms with van der Waals surface area (Å²) < 4.78 is 96.1. The summed E-state index contributed by atoms with van der Waals surface area (Å²) >= 11 is 5.38. The Bertz CT molecular complexity index is 3410. The predicted molar refractivity (Wildman–Crippen MR) is 330 cm³/mol. The molecule has 84 heavy (non-hydrogen) atoms. The third-order valence-corrected chi connectivity index (χ3v) is 19.2. The van der Waals surface area contributed by atoms with Crippen LogP contribution in [0.5, 0.6) is 0 Å². The first-order valence-electron chi connectivity index (χ1n) is 26.2. The van der Waals surface area contributed by atoms with E-state index < -0.39 is 75.3 Å². The molecule has 4 aromatic carbocycles. The first kappa shape index (κ1) is 68.4. The first-order valence-corrected chi connectivity index (χ1v) is 32.4. The van der Waals surface area contributed by atoms with Crippen LogP contribution in [0.1, 0.15) is 95.2 Å². The standard InChI is InChI=1S/C29H43F2N3O4SSi.C24H21F3N4OS.C7H3BrFN.CH4/c1-19(30)15-20-11-12-22(31)21(16-20)28(5)23-17-29(23,24(35)33(6)7)39-25(32-28)34(26(36)38-27(2,3)4)18-37-13-14-40(8,9)10;1-23(20-12-24(20,21(32)31(3)4)33-22(28)30-23)16-9-13(5-8-17(16)25)10-18(26)15-7-6-14(29-2)11-19(15)27;8-6-2-1-5(4-10)3-7(6)9;/h11-12,15-16,23H,13-14,17-18H2,1-10H3;5-11,20H,12H2,1,3-4H3,(H2,28,30);1-3H;1H4/b19-15-;18-10-;;/t23-,28+,29-;20-,23+,24-;;/m00../s1. The molecule has 450 valence electrons. The fourth-order valence-corrected chi connectivity index (χ4v) is 14.0. The molecular weight excluding hydrogens is 1210 g/mol. The fraction of sp³-hybridized carbons (Fsp3) is 0.426. The molecule has 2 N–H and O–H groups in total. The van der Waals surface area contributed by atoms with E-state index >= 15 is 4.39 Å². The number of carbonyl (C=O) groups excluding carboxylic acids is 3. The van der Waals surface area contributed by atoms with Crippen LogP contribution in [0.15, 0.2) is 93.1 Å². The van der Waals surface area contributed by atoms with Crippen LogP contribution in [0.25, 0.3) is 22.8 Å². The molecular formula is C61H71BrF6N8O5S2Si. The molecule has 0 bridgehead atoms. The van der Waals surface area contributed by atoms with Gasteiger partial charge in [0.05, 0.1) is 39.6 Å². The zero-order valence-corrected chi connectivity index (χ0v) is 52.7. The molecule has 13 nitrogen and oxygen atoms in total. The minimum Gasteiger partial charge on any atom is -0.443 e. The van der Waals surface area contributed by atoms with Crippen LogP contribution in [-0.2, 0) is 30.1 Å². The lowest BCUT2D eigenvalue weighted by atomic mass is 9.84. The Morgan fingerprint density at radius 2 is 1.36 bits per heavy atom. The molecule has 8 rings (SSSR count). The topological polar surface area (TPSA) is 158 Å². The molecule has 0 unspecified atom stereocenters. The molecule has 0 radical (unpaired) electrons. The minimum absolute atomic E-state index is 0. The Labute approximate surface area is 506 Å². The number of nitriles is 1. The molecule has 0 aromatic heterocycles. The van der Waals surface area contributed by atoms with Gasteiger partial charge in [0.1, 0.15) is 50.9 Å². The van der Waals surface area contributed by atoms with Crippen molar-refractivity contribution in [1.29, 1.82) is 5.26 Å². The third-order valence-electron chi connectivity index (χ3n) is 14.1. The summed E-state index contributed by atoms with van der Waals surface area (Å²) in [7, 11) is 5.28. The molecule has 6 atom stereocenters. The Kier molecular flexibility index (Phi) is 21.6. The molecule has 4 aliphatic rings. The quantitative estimate of drug-likeness (QED) is 0.0364. The molecule has 0 spiro atoms. The molecule has 2 aliphatic heterocycles. The second kappa shape index (κ2) is 26.5. The van der Waals surface area contributed by atoms with Crippen molar-refractivity contribution in [3.05, 3.63) is 151 Å². The molecule has 2 aliphatic carbocycles. The van der Waals surface area contributed by atoms with Crippen molar-refractivity contribution in [3.63, 3.8) is 0 Å². The van der Waals surface area contributed by atoms with Gasteiger partial charge in [-0.1, -0.05) is 74.9 Å². The summed E-state index contributed by atoms with van der Waals surface area (Å²) in [5.74, 6) is -4.48. The average Bonchev–Trinajstić information content (AvgIpc) is 1.55. The van der Waals surface area contributed by atoms with Gasteiger partial charge in [-0.05, 0) is 148 Å². The molecule has 3 amide bonds. The third kappa shape index (κ3) is 15.5. The van der Waals surface area contributed by atoms with Crippen LogP contribution in [0.3, 0.4) is 0 Å². The van der Waals surface area contributed by atoms with Gasteiger partial charge >= 0.3 is 6.09 Å². The number of carbonyl (C=O) groups is 3. The Hall–Kier alpha value is -6.37. The zero-order valence-electron chi connectivity index (χ0n) is 48.5. The largest absolute Gasteiger partial charge is 0.443 e. The number of rotatable bonds is 12. The van der Waals surface area contributed by atoms with Crippen molar-refractivity contribution in [3.8, 4) is 6.07 Å². The average molecular weight is 1280 g/mol. The van der Waals surface area contributed by atoms with E-state index in [-0.39, 0.29) is 70.5 Å². The van der Waals surface area contributed by atoms with Crippen molar-refractivity contribution < 1.29 is 50.2 Å². The fourth-order valence-electron chi connectivity index (χ4n) is 9.79. The Morgan fingerprint density at radius 3 is 1.83 bits per heavy atom. The maximum atomic E-state index is 15.5. The SMILES string of the molecule is C.C/C(F)=C/c1ccc(F)c([C@@]2(C)N=C(N(COCC[Si](C)(C)C)C(=O)OC(C)(C)C)S[C@@]3(C(=O)N(C)C)C[C@H]32)c1.N#Cc1ccc(Br)c(F)c1.[C-]#[N+]c1ccc(/C(F)=C/c2ccc(F)c([C@@]3(C)N=C(N)S[C@@]4(C(=O)N(C)C)C[C@H]43)c2)c(F)c1. The van der Waals surface area contributed by atoms with E-state index in [2.05, 4.69) is 45.4 Å². The Morgan fingerprint density at radius 1 is 0.821 bits per heavy atom. The number of halogens is 7. The molecule has 2 fully saturated rings. The van der Waals surface area contributed by atoms with E-state index in [1.54, 1.807) is 74.9 Å². The molecule has 4 aromatic rings. The number of hydrogen-bond acceptors (Lipinski definition) is 11. The maximum absolute atomic E-state index is 15.5. The summed E-state index contributed by atoms with van der Waals surface area (Å²) in [4.78, 5) is 56.8. The highest BCUT2D eigenvalue weighted by atomic mass is 79.9. The summed E-state index contributed by atoms with van der Waals surface area (Å²) in [6.07, 6.45) is 2.68. The Balaban J connectivity index is 0.000000263. The number of amides is 3. The highest BCUT2D eigenvalue weighted by Crippen LogP contribution is 2.68. The number of nitrogens with zero attached hydrogens (tertiary/aromatic N) is 7. The summed E-state index contributed by atoms with van der Waals surface area (Å²) in [5, 5.41) is 8.74. The van der Waals surface area contributed by atoms with E-state index in [0.29, 0.717) is 40.6 Å². The number of benzene rings is 4. The van der Waals surface area contributed by atoms with Gasteiger partial charge in [-0.15, -0.1) is 0 Å². The van der Waals surface area contributed by atoms with Crippen molar-refractivity contribution in [2.45, 2.75) is 114 Å². The van der Waals surface area contributed by atoms with Gasteiger partial charge in [0.2, 0.25) is 11.8 Å². The van der Waals surface area contributed by atoms with E-state index in [1.807, 2.05) is 6.07 Å². The summed E-state index contributed by atoms with van der Waals surface area (Å²) in [5.41, 5.74) is 4.26. The number of fused-ring (bicyclic) bond motifs is 2. The molecule has 2 saturated carbocycles. The minimum atomic E-state index is -1.39. The second-order valence-electron chi connectivity index (χ2n) is 23.5. The number of amidine groups is 2. The monoisotopic (exact) mass is 1280 g/mol. The first-order chi connectivity index (χ1) is 38.5. The normalized spacial score (nSPS) is 23.1. The maximum Gasteiger partial charge on any atom is 0.418 e. The van der Waals surface area contributed by atoms with Crippen LogP contribution in [0, 0.1) is 53.0 Å². The van der Waals surface area contributed by atoms with Gasteiger partial charge in [0, 0.05) is 71.4 Å². The lowest BCUT2D eigenvalue weighted by Crippen LogP contribution is -2.48. The van der Waals surface area contributed by atoms with Crippen molar-refractivity contribution in [1.82, 2.24) is 14.7 Å². The van der Waals surface area contributed by atoms with Crippen LogP contribution in [0.4, 0.5) is 36.8 Å². The van der Waals surface area contributed by atoms with E-state index in [4.69, 9.17) is 32.0 Å². The van der Waals surface area contributed by atoms with E-state index in [1.165, 1.54) is 106 Å². The zero-order chi connectivity index (χ0) is 61.9. The summed E-state index contributed by atoms with van der Waals surface area (Å²) in [6.45, 7) is 24.1. The van der Waals surface area contributed by atoms with Gasteiger partial charge in [-0.25, -0.2) is 40.9 Å². The van der Waals surface area contributed by atoms with Crippen molar-refractivity contribution >= 4 is 99.4 Å². The van der Waals surface area contributed by atoms with E-state index in [9.17, 15) is 36.3 Å². The molecule has 2 heterocycles. The van der Waals surface area contributed by atoms with Crippen molar-refractivity contribution in [2.24, 2.45) is 27.6 Å². The van der Waals surface area contributed by atoms with E-state index in [0.717, 1.165) is 18.2 Å². The molecule has 0 saturated heterocycles. The van der Waals surface area contributed by atoms with Crippen LogP contribution in [0.2, 0.25) is 25.7 Å². The lowest BCUT2D eigenvalue weighted by molar-refractivity contribution is -0.130. The number of hydrogen-bond donors (Lipinski definition) is 1. The van der Waals surface area contributed by atoms with Gasteiger partial charge < -0.3 is 25.0 Å². The van der Waals surface area contributed by atoms with Crippen LogP contribution in [-0.4, -0.2) is 108 Å². The number of thioether (sulfide) groups is 2. The van der Waals surface area contributed by atoms with Crippen LogP contribution >= 0.6 is 39.5 Å². The van der Waals surface area contributed by atoms with Gasteiger partial charge in [0.15, 0.2) is 16.0 Å². The summed E-state index contributed by atoms with van der Waals surface area (Å²) in [6, 6.07) is 18.8. The van der Waals surface area contributed by atoms with Gasteiger partial charge in [0.25, 0.3) is 0 Å². The van der Waals surface area contributed by atoms with Crippen LogP contribution < -0.4 is 5.73 Å². The lowest BCUT2D eigenvalue weighted by Gasteiger charge is -2.38. The predicted octanol–water partition coefficient (Wildman–Crippen LogP) is 15.1. The van der Waals surface area contributed by atoms with Gasteiger partial charge in [-0.2, -0.15) is 5.26 Å². The number of aliphatic imine (C=N–C) groups is 2. The number of nitrogens with two attached hydrogens (primary N) is 1. The molecule has 23 heteroatoms. The number of ether oxygens (including phenoxy) is 2.